The molecule has 0 radical (unpaired) electrons. The summed E-state index contributed by atoms with van der Waals surface area (Å²) >= 11 is 0. The van der Waals surface area contributed by atoms with Gasteiger partial charge >= 0.3 is 0 Å². The Morgan fingerprint density at radius 2 is 1.88 bits per heavy atom. The van der Waals surface area contributed by atoms with Crippen LogP contribution in [-0.4, -0.2) is 39.5 Å². The zero-order valence-electron chi connectivity index (χ0n) is 14.9. The quantitative estimate of drug-likeness (QED) is 0.744. The Kier molecular flexibility index (Phi) is 4.40. The van der Waals surface area contributed by atoms with Crippen LogP contribution in [0.4, 0.5) is 5.82 Å². The van der Waals surface area contributed by atoms with Gasteiger partial charge in [-0.2, -0.15) is 0 Å². The molecular formula is C20H25N5. The van der Waals surface area contributed by atoms with Gasteiger partial charge in [0.1, 0.15) is 17.3 Å². The molecule has 4 rings (SSSR count). The number of aryl methyl sites for hydroxylation is 2. The molecule has 3 aromatic rings. The van der Waals surface area contributed by atoms with Crippen molar-refractivity contribution in [2.75, 3.05) is 25.0 Å². The fourth-order valence-corrected chi connectivity index (χ4v) is 3.77. The van der Waals surface area contributed by atoms with E-state index < -0.39 is 0 Å². The van der Waals surface area contributed by atoms with E-state index in [1.165, 1.54) is 31.5 Å². The number of H-pyrrole nitrogens is 1. The van der Waals surface area contributed by atoms with Crippen molar-refractivity contribution in [1.82, 2.24) is 19.9 Å². The van der Waals surface area contributed by atoms with Crippen LogP contribution >= 0.6 is 0 Å². The molecule has 0 spiro atoms. The molecule has 5 nitrogen and oxygen atoms in total. The molecule has 5 heteroatoms. The monoisotopic (exact) mass is 335 g/mol. The van der Waals surface area contributed by atoms with E-state index in [0.717, 1.165) is 34.9 Å². The predicted molar refractivity (Wildman–Crippen MR) is 102 cm³/mol. The van der Waals surface area contributed by atoms with Crippen molar-refractivity contribution in [1.29, 1.82) is 0 Å². The third kappa shape index (κ3) is 3.37. The van der Waals surface area contributed by atoms with Crippen molar-refractivity contribution < 1.29 is 0 Å². The van der Waals surface area contributed by atoms with E-state index in [2.05, 4.69) is 68.5 Å². The molecule has 1 aliphatic heterocycles. The lowest BCUT2D eigenvalue weighted by Crippen LogP contribution is -2.31. The molecule has 3 heterocycles. The summed E-state index contributed by atoms with van der Waals surface area (Å²) in [5, 5.41) is 4.67. The molecule has 2 N–H and O–H groups in total. The van der Waals surface area contributed by atoms with Crippen LogP contribution in [0.2, 0.25) is 0 Å². The first-order chi connectivity index (χ1) is 12.2. The van der Waals surface area contributed by atoms with Crippen LogP contribution in [0.15, 0.2) is 36.4 Å². The smallest absolute Gasteiger partial charge is 0.143 e. The normalized spacial score (nSPS) is 16.4. The Balaban J connectivity index is 1.61. The number of anilines is 1. The highest BCUT2D eigenvalue weighted by Gasteiger charge is 2.23. The summed E-state index contributed by atoms with van der Waals surface area (Å²) in [7, 11) is 0. The maximum atomic E-state index is 4.65. The highest BCUT2D eigenvalue weighted by atomic mass is 15.2. The average molecular weight is 335 g/mol. The molecule has 1 atom stereocenters. The number of aromatic amines is 1. The van der Waals surface area contributed by atoms with Gasteiger partial charge in [0, 0.05) is 12.2 Å². The maximum absolute atomic E-state index is 4.65. The number of nitrogens with zero attached hydrogens (tertiary/aromatic N) is 3. The molecule has 0 aliphatic carbocycles. The summed E-state index contributed by atoms with van der Waals surface area (Å²) in [5.41, 5.74) is 3.38. The SMILES string of the molecule is Cc1nc(NCC(c2ccccc2)N2CCCC2)c2cc(C)[nH]c2n1. The molecule has 0 amide bonds. The van der Waals surface area contributed by atoms with E-state index >= 15 is 0 Å². The Bertz CT molecular complexity index is 849. The van der Waals surface area contributed by atoms with Gasteiger partial charge in [-0.1, -0.05) is 30.3 Å². The molecule has 1 fully saturated rings. The fourth-order valence-electron chi connectivity index (χ4n) is 3.77. The molecule has 130 valence electrons. The lowest BCUT2D eigenvalue weighted by molar-refractivity contribution is 0.256. The van der Waals surface area contributed by atoms with Crippen molar-refractivity contribution in [3.05, 3.63) is 53.5 Å². The fraction of sp³-hybridized carbons (Fsp3) is 0.400. The molecule has 0 bridgehead atoms. The Morgan fingerprint density at radius 3 is 2.64 bits per heavy atom. The number of hydrogen-bond acceptors (Lipinski definition) is 4. The average Bonchev–Trinajstić information content (AvgIpc) is 3.25. The summed E-state index contributed by atoms with van der Waals surface area (Å²) in [6.07, 6.45) is 2.58. The molecule has 1 aliphatic rings. The highest BCUT2D eigenvalue weighted by molar-refractivity contribution is 5.87. The van der Waals surface area contributed by atoms with E-state index in [1.54, 1.807) is 0 Å². The zero-order valence-corrected chi connectivity index (χ0v) is 14.9. The molecule has 0 saturated carbocycles. The number of hydrogen-bond donors (Lipinski definition) is 2. The number of benzene rings is 1. The third-order valence-electron chi connectivity index (χ3n) is 4.96. The first-order valence-electron chi connectivity index (χ1n) is 9.07. The van der Waals surface area contributed by atoms with Gasteiger partial charge in [-0.25, -0.2) is 9.97 Å². The van der Waals surface area contributed by atoms with E-state index in [1.807, 2.05) is 6.92 Å². The van der Waals surface area contributed by atoms with E-state index in [4.69, 9.17) is 0 Å². The van der Waals surface area contributed by atoms with Crippen molar-refractivity contribution in [3.63, 3.8) is 0 Å². The molecule has 25 heavy (non-hydrogen) atoms. The van der Waals surface area contributed by atoms with Gasteiger partial charge in [0.15, 0.2) is 0 Å². The topological polar surface area (TPSA) is 56.8 Å². The van der Waals surface area contributed by atoms with Gasteiger partial charge in [0.05, 0.1) is 11.4 Å². The van der Waals surface area contributed by atoms with E-state index in [-0.39, 0.29) is 0 Å². The standard InChI is InChI=1S/C20H25N5/c1-14-12-17-19(23-15(2)24-20(17)22-14)21-13-18(25-10-6-7-11-25)16-8-4-3-5-9-16/h3-5,8-9,12,18H,6-7,10-11,13H2,1-2H3,(H2,21,22,23,24). The molecule has 2 aromatic heterocycles. The predicted octanol–water partition coefficient (Wildman–Crippen LogP) is 3.82. The minimum Gasteiger partial charge on any atom is -0.367 e. The lowest BCUT2D eigenvalue weighted by Gasteiger charge is -2.28. The first-order valence-corrected chi connectivity index (χ1v) is 9.07. The van der Waals surface area contributed by atoms with E-state index in [9.17, 15) is 0 Å². The van der Waals surface area contributed by atoms with Crippen molar-refractivity contribution in [2.24, 2.45) is 0 Å². The largest absolute Gasteiger partial charge is 0.367 e. The Hall–Kier alpha value is -2.40. The molecule has 1 unspecified atom stereocenters. The van der Waals surface area contributed by atoms with Crippen molar-refractivity contribution in [2.45, 2.75) is 32.7 Å². The Morgan fingerprint density at radius 1 is 1.12 bits per heavy atom. The van der Waals surface area contributed by atoms with Crippen molar-refractivity contribution >= 4 is 16.9 Å². The zero-order chi connectivity index (χ0) is 17.2. The van der Waals surface area contributed by atoms with Crippen LogP contribution in [0.3, 0.4) is 0 Å². The first kappa shape index (κ1) is 16.1. The minimum absolute atomic E-state index is 0.370. The number of likely N-dealkylation sites (tertiary alicyclic amines) is 1. The van der Waals surface area contributed by atoms with Gasteiger partial charge in [-0.15, -0.1) is 0 Å². The summed E-state index contributed by atoms with van der Waals surface area (Å²) in [5.74, 6) is 1.71. The number of rotatable bonds is 5. The summed E-state index contributed by atoms with van der Waals surface area (Å²) in [6, 6.07) is 13.3. The summed E-state index contributed by atoms with van der Waals surface area (Å²) in [4.78, 5) is 15.0. The molecule has 1 saturated heterocycles. The second-order valence-corrected chi connectivity index (χ2v) is 6.88. The second-order valence-electron chi connectivity index (χ2n) is 6.88. The van der Waals surface area contributed by atoms with Crippen LogP contribution in [0.1, 0.15) is 36.0 Å². The van der Waals surface area contributed by atoms with Gasteiger partial charge < -0.3 is 10.3 Å². The van der Waals surface area contributed by atoms with Gasteiger partial charge in [0.2, 0.25) is 0 Å². The third-order valence-corrected chi connectivity index (χ3v) is 4.96. The van der Waals surface area contributed by atoms with Gasteiger partial charge in [-0.05, 0) is 51.4 Å². The lowest BCUT2D eigenvalue weighted by atomic mass is 10.1. The minimum atomic E-state index is 0.370. The maximum Gasteiger partial charge on any atom is 0.143 e. The van der Waals surface area contributed by atoms with Crippen LogP contribution in [-0.2, 0) is 0 Å². The Labute approximate surface area is 148 Å². The van der Waals surface area contributed by atoms with Crippen LogP contribution in [0, 0.1) is 13.8 Å². The number of aromatic nitrogens is 3. The summed E-state index contributed by atoms with van der Waals surface area (Å²) < 4.78 is 0. The molecule has 1 aromatic carbocycles. The van der Waals surface area contributed by atoms with Crippen molar-refractivity contribution in [3.8, 4) is 0 Å². The van der Waals surface area contributed by atoms with Gasteiger partial charge in [-0.3, -0.25) is 4.90 Å². The van der Waals surface area contributed by atoms with Crippen LogP contribution in [0.5, 0.6) is 0 Å². The van der Waals surface area contributed by atoms with E-state index in [0.29, 0.717) is 6.04 Å². The second kappa shape index (κ2) is 6.84. The highest BCUT2D eigenvalue weighted by Crippen LogP contribution is 2.27. The molecular weight excluding hydrogens is 310 g/mol. The van der Waals surface area contributed by atoms with Gasteiger partial charge in [0.25, 0.3) is 0 Å². The number of fused-ring (bicyclic) bond motifs is 1. The van der Waals surface area contributed by atoms with Crippen LogP contribution < -0.4 is 5.32 Å². The number of nitrogens with one attached hydrogen (secondary N) is 2. The summed E-state index contributed by atoms with van der Waals surface area (Å²) in [6.45, 7) is 7.18. The van der Waals surface area contributed by atoms with Crippen LogP contribution in [0.25, 0.3) is 11.0 Å².